The molecule has 0 amide bonds. The SMILES string of the molecule is Cc1cnn(CC2CCN(C[C@@H](O)COc3ccc(F)cc3)CC2)c1. The molecule has 25 heavy (non-hydrogen) atoms. The number of benzene rings is 1. The second kappa shape index (κ2) is 8.45. The average molecular weight is 347 g/mol. The number of likely N-dealkylation sites (tertiary alicyclic amines) is 1. The van der Waals surface area contributed by atoms with Crippen LogP contribution in [0.1, 0.15) is 18.4 Å². The highest BCUT2D eigenvalue weighted by Gasteiger charge is 2.21. The molecule has 3 rings (SSSR count). The molecule has 6 heteroatoms. The zero-order valence-corrected chi connectivity index (χ0v) is 14.6. The Morgan fingerprint density at radius 2 is 2.00 bits per heavy atom. The van der Waals surface area contributed by atoms with Crippen LogP contribution in [0.3, 0.4) is 0 Å². The minimum Gasteiger partial charge on any atom is -0.491 e. The lowest BCUT2D eigenvalue weighted by Crippen LogP contribution is -2.41. The van der Waals surface area contributed by atoms with Crippen molar-refractivity contribution < 1.29 is 14.2 Å². The van der Waals surface area contributed by atoms with E-state index in [0.717, 1.165) is 32.5 Å². The molecule has 1 atom stereocenters. The molecule has 1 aliphatic rings. The summed E-state index contributed by atoms with van der Waals surface area (Å²) in [5, 5.41) is 14.5. The van der Waals surface area contributed by atoms with E-state index in [1.165, 1.54) is 17.7 Å². The number of aromatic nitrogens is 2. The number of hydrogen-bond acceptors (Lipinski definition) is 4. The summed E-state index contributed by atoms with van der Waals surface area (Å²) in [7, 11) is 0. The van der Waals surface area contributed by atoms with Gasteiger partial charge in [0.2, 0.25) is 0 Å². The van der Waals surface area contributed by atoms with Gasteiger partial charge in [0.15, 0.2) is 0 Å². The third-order valence-corrected chi connectivity index (χ3v) is 4.64. The fourth-order valence-corrected chi connectivity index (χ4v) is 3.26. The van der Waals surface area contributed by atoms with E-state index < -0.39 is 6.10 Å². The number of aryl methyl sites for hydroxylation is 1. The number of piperidine rings is 1. The molecular weight excluding hydrogens is 321 g/mol. The van der Waals surface area contributed by atoms with Gasteiger partial charge in [0.25, 0.3) is 0 Å². The first-order chi connectivity index (χ1) is 12.1. The van der Waals surface area contributed by atoms with Crippen LogP contribution in [0.25, 0.3) is 0 Å². The lowest BCUT2D eigenvalue weighted by Gasteiger charge is -2.33. The van der Waals surface area contributed by atoms with Gasteiger partial charge in [-0.3, -0.25) is 4.68 Å². The predicted octanol–water partition coefficient (Wildman–Crippen LogP) is 2.48. The number of halogens is 1. The fraction of sp³-hybridized carbons (Fsp3) is 0.526. The number of rotatable bonds is 7. The smallest absolute Gasteiger partial charge is 0.123 e. The van der Waals surface area contributed by atoms with Crippen molar-refractivity contribution in [1.29, 1.82) is 0 Å². The summed E-state index contributed by atoms with van der Waals surface area (Å²) in [5.74, 6) is 0.929. The van der Waals surface area contributed by atoms with Crippen molar-refractivity contribution in [3.8, 4) is 5.75 Å². The van der Waals surface area contributed by atoms with Gasteiger partial charge in [-0.25, -0.2) is 4.39 Å². The molecule has 1 saturated heterocycles. The van der Waals surface area contributed by atoms with Crippen molar-refractivity contribution in [3.63, 3.8) is 0 Å². The van der Waals surface area contributed by atoms with Gasteiger partial charge in [-0.05, 0) is 68.6 Å². The van der Waals surface area contributed by atoms with E-state index >= 15 is 0 Å². The topological polar surface area (TPSA) is 50.5 Å². The summed E-state index contributed by atoms with van der Waals surface area (Å²) in [6, 6.07) is 5.86. The molecule has 0 bridgehead atoms. The van der Waals surface area contributed by atoms with E-state index in [2.05, 4.69) is 23.1 Å². The van der Waals surface area contributed by atoms with Crippen LogP contribution in [-0.2, 0) is 6.54 Å². The highest BCUT2D eigenvalue weighted by Crippen LogP contribution is 2.19. The van der Waals surface area contributed by atoms with Gasteiger partial charge in [0.05, 0.1) is 6.20 Å². The number of nitrogens with zero attached hydrogens (tertiary/aromatic N) is 3. The van der Waals surface area contributed by atoms with Crippen molar-refractivity contribution in [1.82, 2.24) is 14.7 Å². The minimum atomic E-state index is -0.546. The Bertz CT molecular complexity index is 651. The lowest BCUT2D eigenvalue weighted by molar-refractivity contribution is 0.0533. The second-order valence-corrected chi connectivity index (χ2v) is 6.90. The quantitative estimate of drug-likeness (QED) is 0.836. The van der Waals surface area contributed by atoms with Gasteiger partial charge < -0.3 is 14.7 Å². The summed E-state index contributed by atoms with van der Waals surface area (Å²) in [5.41, 5.74) is 1.20. The van der Waals surface area contributed by atoms with Crippen LogP contribution in [0, 0.1) is 18.7 Å². The first kappa shape index (κ1) is 17.9. The number of β-amino-alcohol motifs (C(OH)–C–C–N with tert-alkyl or cyclic N) is 1. The van der Waals surface area contributed by atoms with Gasteiger partial charge in [-0.15, -0.1) is 0 Å². The van der Waals surface area contributed by atoms with Gasteiger partial charge in [-0.2, -0.15) is 5.10 Å². The highest BCUT2D eigenvalue weighted by molar-refractivity contribution is 5.22. The van der Waals surface area contributed by atoms with Crippen LogP contribution < -0.4 is 4.74 Å². The predicted molar refractivity (Wildman–Crippen MR) is 94.0 cm³/mol. The lowest BCUT2D eigenvalue weighted by atomic mass is 9.96. The molecule has 1 fully saturated rings. The van der Waals surface area contributed by atoms with E-state index in [4.69, 9.17) is 4.74 Å². The number of ether oxygens (including phenoxy) is 1. The normalized spacial score (nSPS) is 17.6. The van der Waals surface area contributed by atoms with E-state index in [0.29, 0.717) is 18.2 Å². The van der Waals surface area contributed by atoms with Crippen molar-refractivity contribution in [3.05, 3.63) is 48.0 Å². The van der Waals surface area contributed by atoms with Crippen LogP contribution in [-0.4, -0.2) is 52.1 Å². The van der Waals surface area contributed by atoms with Crippen molar-refractivity contribution in [2.24, 2.45) is 5.92 Å². The van der Waals surface area contributed by atoms with Gasteiger partial charge in [0.1, 0.15) is 24.3 Å². The van der Waals surface area contributed by atoms with Gasteiger partial charge >= 0.3 is 0 Å². The Balaban J connectivity index is 1.35. The van der Waals surface area contributed by atoms with Crippen LogP contribution in [0.5, 0.6) is 5.75 Å². The molecule has 0 aliphatic carbocycles. The summed E-state index contributed by atoms with van der Waals surface area (Å²) >= 11 is 0. The van der Waals surface area contributed by atoms with Crippen molar-refractivity contribution in [2.45, 2.75) is 32.4 Å². The van der Waals surface area contributed by atoms with E-state index in [9.17, 15) is 9.50 Å². The maximum absolute atomic E-state index is 12.8. The first-order valence-corrected chi connectivity index (χ1v) is 8.86. The molecule has 2 heterocycles. The Hall–Kier alpha value is -1.92. The summed E-state index contributed by atoms with van der Waals surface area (Å²) < 4.78 is 20.4. The van der Waals surface area contributed by atoms with Gasteiger partial charge in [0, 0.05) is 19.3 Å². The molecule has 0 radical (unpaired) electrons. The fourth-order valence-electron chi connectivity index (χ4n) is 3.26. The standard InChI is InChI=1S/C19H26FN3O2/c1-15-10-21-23(11-15)12-16-6-8-22(9-7-16)13-18(24)14-25-19-4-2-17(20)3-5-19/h2-5,10-11,16,18,24H,6-9,12-14H2,1H3/t18-/m1/s1. The third kappa shape index (κ3) is 5.54. The molecule has 0 unspecified atom stereocenters. The maximum Gasteiger partial charge on any atom is 0.123 e. The zero-order chi connectivity index (χ0) is 17.6. The molecule has 136 valence electrons. The molecule has 0 spiro atoms. The van der Waals surface area contributed by atoms with E-state index in [-0.39, 0.29) is 12.4 Å². The van der Waals surface area contributed by atoms with Crippen LogP contribution in [0.2, 0.25) is 0 Å². The Morgan fingerprint density at radius 1 is 1.28 bits per heavy atom. The minimum absolute atomic E-state index is 0.220. The van der Waals surface area contributed by atoms with E-state index in [1.54, 1.807) is 12.1 Å². The maximum atomic E-state index is 12.8. The number of aliphatic hydroxyl groups excluding tert-OH is 1. The first-order valence-electron chi connectivity index (χ1n) is 8.86. The molecular formula is C19H26FN3O2. The summed E-state index contributed by atoms with van der Waals surface area (Å²) in [4.78, 5) is 2.28. The molecule has 1 aliphatic heterocycles. The Kier molecular flexibility index (Phi) is 6.04. The van der Waals surface area contributed by atoms with E-state index in [1.807, 2.05) is 10.9 Å². The molecule has 1 aromatic heterocycles. The molecule has 1 N–H and O–H groups in total. The number of aliphatic hydroxyl groups is 1. The number of hydrogen-bond donors (Lipinski definition) is 1. The van der Waals surface area contributed by atoms with Crippen LogP contribution in [0.15, 0.2) is 36.7 Å². The molecule has 1 aromatic carbocycles. The van der Waals surface area contributed by atoms with Gasteiger partial charge in [-0.1, -0.05) is 0 Å². The second-order valence-electron chi connectivity index (χ2n) is 6.90. The van der Waals surface area contributed by atoms with Crippen LogP contribution in [0.4, 0.5) is 4.39 Å². The Morgan fingerprint density at radius 3 is 2.64 bits per heavy atom. The molecule has 5 nitrogen and oxygen atoms in total. The molecule has 2 aromatic rings. The average Bonchev–Trinajstić information content (AvgIpc) is 3.01. The Labute approximate surface area is 148 Å². The monoisotopic (exact) mass is 347 g/mol. The zero-order valence-electron chi connectivity index (χ0n) is 14.6. The summed E-state index contributed by atoms with van der Waals surface area (Å²) in [6.07, 6.45) is 5.67. The highest BCUT2D eigenvalue weighted by atomic mass is 19.1. The van der Waals surface area contributed by atoms with Crippen molar-refractivity contribution >= 4 is 0 Å². The van der Waals surface area contributed by atoms with Crippen molar-refractivity contribution in [2.75, 3.05) is 26.2 Å². The largest absolute Gasteiger partial charge is 0.491 e. The third-order valence-electron chi connectivity index (χ3n) is 4.64. The summed E-state index contributed by atoms with van der Waals surface area (Å²) in [6.45, 7) is 5.82. The molecule has 0 saturated carbocycles. The van der Waals surface area contributed by atoms with Crippen LogP contribution >= 0.6 is 0 Å².